The van der Waals surface area contributed by atoms with Crippen LogP contribution in [0.5, 0.6) is 0 Å². The molecule has 1 N–H and O–H groups in total. The average Bonchev–Trinajstić information content (AvgIpc) is 3.04. The molecule has 0 saturated heterocycles. The summed E-state index contributed by atoms with van der Waals surface area (Å²) in [4.78, 5) is 29.9. The van der Waals surface area contributed by atoms with Crippen LogP contribution in [0.2, 0.25) is 5.02 Å². The molecule has 0 radical (unpaired) electrons. The number of carbonyl (C=O) groups is 2. The monoisotopic (exact) mass is 723 g/mol. The molecule has 242 valence electrons. The summed E-state index contributed by atoms with van der Waals surface area (Å²) >= 11 is 9.54. The van der Waals surface area contributed by atoms with Gasteiger partial charge in [0.1, 0.15) is 12.6 Å². The number of amides is 2. The lowest BCUT2D eigenvalue weighted by molar-refractivity contribution is -0.140. The van der Waals surface area contributed by atoms with Crippen LogP contribution in [0.15, 0.2) is 106 Å². The van der Waals surface area contributed by atoms with Crippen molar-refractivity contribution in [1.29, 1.82) is 0 Å². The molecule has 0 aliphatic rings. The Morgan fingerprint density at radius 3 is 2.17 bits per heavy atom. The molecule has 4 aromatic rings. The van der Waals surface area contributed by atoms with Crippen LogP contribution in [0.3, 0.4) is 0 Å². The van der Waals surface area contributed by atoms with Gasteiger partial charge in [-0.05, 0) is 91.1 Å². The summed E-state index contributed by atoms with van der Waals surface area (Å²) in [5.41, 5.74) is 3.90. The number of aryl methyl sites for hydroxylation is 2. The van der Waals surface area contributed by atoms with Gasteiger partial charge >= 0.3 is 0 Å². The van der Waals surface area contributed by atoms with Gasteiger partial charge in [-0.25, -0.2) is 8.42 Å². The van der Waals surface area contributed by atoms with E-state index in [0.29, 0.717) is 17.3 Å². The fourth-order valence-electron chi connectivity index (χ4n) is 4.99. The maximum Gasteiger partial charge on any atom is 0.264 e. The summed E-state index contributed by atoms with van der Waals surface area (Å²) in [5.74, 6) is -0.800. The van der Waals surface area contributed by atoms with Crippen molar-refractivity contribution >= 4 is 55.1 Å². The second kappa shape index (κ2) is 16.3. The summed E-state index contributed by atoms with van der Waals surface area (Å²) < 4.78 is 30.4. The quantitative estimate of drug-likeness (QED) is 0.137. The van der Waals surface area contributed by atoms with E-state index in [9.17, 15) is 18.0 Å². The first-order chi connectivity index (χ1) is 22.0. The van der Waals surface area contributed by atoms with E-state index < -0.39 is 28.5 Å². The zero-order valence-electron chi connectivity index (χ0n) is 26.2. The van der Waals surface area contributed by atoms with E-state index in [2.05, 4.69) is 21.2 Å². The molecule has 4 rings (SSSR count). The van der Waals surface area contributed by atoms with Gasteiger partial charge in [-0.2, -0.15) is 0 Å². The second-order valence-corrected chi connectivity index (χ2v) is 14.4. The molecule has 2 amide bonds. The standard InChI is InChI=1S/C36H39BrClN3O4S/c1-4-5-21-39-36(43)34(23-28-9-7-6-8-10-28)40(24-29-12-14-30(37)15-13-29)35(42)25-41(32-18-11-26(2)27(3)22-32)46(44,45)33-19-16-31(38)17-20-33/h6-20,22,34H,4-5,21,23-25H2,1-3H3,(H,39,43)/t34-/m1/s1. The molecule has 0 aliphatic heterocycles. The van der Waals surface area contributed by atoms with E-state index in [1.807, 2.05) is 81.4 Å². The topological polar surface area (TPSA) is 86.8 Å². The zero-order valence-corrected chi connectivity index (χ0v) is 29.4. The van der Waals surface area contributed by atoms with E-state index in [1.54, 1.807) is 12.1 Å². The number of sulfonamides is 1. The third kappa shape index (κ3) is 9.21. The van der Waals surface area contributed by atoms with Crippen LogP contribution in [0, 0.1) is 13.8 Å². The van der Waals surface area contributed by atoms with Crippen LogP contribution in [0.25, 0.3) is 0 Å². The number of hydrogen-bond acceptors (Lipinski definition) is 4. The van der Waals surface area contributed by atoms with Crippen molar-refractivity contribution < 1.29 is 18.0 Å². The fourth-order valence-corrected chi connectivity index (χ4v) is 6.79. The van der Waals surface area contributed by atoms with Crippen molar-refractivity contribution in [2.24, 2.45) is 0 Å². The molecule has 0 unspecified atom stereocenters. The van der Waals surface area contributed by atoms with Crippen LogP contribution in [0.4, 0.5) is 5.69 Å². The lowest BCUT2D eigenvalue weighted by Crippen LogP contribution is -2.53. The Labute approximate surface area is 285 Å². The molecule has 0 heterocycles. The molecule has 0 spiro atoms. The molecule has 0 fully saturated rings. The Morgan fingerprint density at radius 2 is 1.54 bits per heavy atom. The minimum absolute atomic E-state index is 0.000492. The zero-order chi connectivity index (χ0) is 33.3. The van der Waals surface area contributed by atoms with Crippen molar-refractivity contribution in [2.75, 3.05) is 17.4 Å². The third-order valence-corrected chi connectivity index (χ3v) is 10.4. The Kier molecular flexibility index (Phi) is 12.4. The van der Waals surface area contributed by atoms with E-state index in [1.165, 1.54) is 29.2 Å². The summed E-state index contributed by atoms with van der Waals surface area (Å²) in [6, 6.07) is 27.3. The summed E-state index contributed by atoms with van der Waals surface area (Å²) in [5, 5.41) is 3.40. The van der Waals surface area contributed by atoms with Gasteiger partial charge in [0.05, 0.1) is 10.6 Å². The number of unbranched alkanes of at least 4 members (excludes halogenated alkanes) is 1. The number of carbonyl (C=O) groups excluding carboxylic acids is 2. The summed E-state index contributed by atoms with van der Waals surface area (Å²) in [6.07, 6.45) is 1.96. The predicted octanol–water partition coefficient (Wildman–Crippen LogP) is 7.47. The maximum atomic E-state index is 14.6. The maximum absolute atomic E-state index is 14.6. The largest absolute Gasteiger partial charge is 0.354 e. The van der Waals surface area contributed by atoms with Gasteiger partial charge in [-0.1, -0.05) is 89.4 Å². The van der Waals surface area contributed by atoms with Crippen molar-refractivity contribution in [1.82, 2.24) is 10.2 Å². The third-order valence-electron chi connectivity index (χ3n) is 7.83. The smallest absolute Gasteiger partial charge is 0.264 e. The van der Waals surface area contributed by atoms with Gasteiger partial charge in [-0.3, -0.25) is 13.9 Å². The SMILES string of the molecule is CCCCNC(=O)[C@@H](Cc1ccccc1)N(Cc1ccc(Br)cc1)C(=O)CN(c1ccc(C)c(C)c1)S(=O)(=O)c1ccc(Cl)cc1. The number of halogens is 2. The minimum atomic E-state index is -4.21. The van der Waals surface area contributed by atoms with Gasteiger partial charge in [0.2, 0.25) is 11.8 Å². The van der Waals surface area contributed by atoms with Crippen LogP contribution >= 0.6 is 27.5 Å². The van der Waals surface area contributed by atoms with Crippen molar-refractivity contribution in [3.05, 3.63) is 129 Å². The number of nitrogens with zero attached hydrogens (tertiary/aromatic N) is 2. The highest BCUT2D eigenvalue weighted by Gasteiger charge is 2.34. The van der Waals surface area contributed by atoms with E-state index >= 15 is 0 Å². The second-order valence-electron chi connectivity index (χ2n) is 11.2. The first-order valence-corrected chi connectivity index (χ1v) is 17.8. The molecule has 0 aliphatic carbocycles. The minimum Gasteiger partial charge on any atom is -0.354 e. The highest BCUT2D eigenvalue weighted by molar-refractivity contribution is 9.10. The Hall–Kier alpha value is -3.66. The van der Waals surface area contributed by atoms with Crippen molar-refractivity contribution in [2.45, 2.75) is 57.5 Å². The first kappa shape index (κ1) is 35.2. The highest BCUT2D eigenvalue weighted by Crippen LogP contribution is 2.28. The van der Waals surface area contributed by atoms with Gasteiger partial charge < -0.3 is 10.2 Å². The number of benzene rings is 4. The number of hydrogen-bond donors (Lipinski definition) is 1. The van der Waals surface area contributed by atoms with Gasteiger partial charge in [0.15, 0.2) is 0 Å². The van der Waals surface area contributed by atoms with Crippen molar-refractivity contribution in [3.8, 4) is 0 Å². The van der Waals surface area contributed by atoms with E-state index in [-0.39, 0.29) is 23.8 Å². The van der Waals surface area contributed by atoms with Gasteiger partial charge in [-0.15, -0.1) is 0 Å². The normalized spacial score (nSPS) is 11.9. The molecular weight excluding hydrogens is 686 g/mol. The van der Waals surface area contributed by atoms with Gasteiger partial charge in [0, 0.05) is 29.0 Å². The summed E-state index contributed by atoms with van der Waals surface area (Å²) in [7, 11) is -4.21. The summed E-state index contributed by atoms with van der Waals surface area (Å²) in [6.45, 7) is 5.93. The van der Waals surface area contributed by atoms with Crippen LogP contribution in [0.1, 0.15) is 42.0 Å². The molecule has 0 aromatic heterocycles. The highest BCUT2D eigenvalue weighted by atomic mass is 79.9. The molecule has 7 nitrogen and oxygen atoms in total. The number of anilines is 1. The Morgan fingerprint density at radius 1 is 0.870 bits per heavy atom. The Balaban J connectivity index is 1.80. The lowest BCUT2D eigenvalue weighted by Gasteiger charge is -2.34. The van der Waals surface area contributed by atoms with Crippen molar-refractivity contribution in [3.63, 3.8) is 0 Å². The van der Waals surface area contributed by atoms with E-state index in [4.69, 9.17) is 11.6 Å². The van der Waals surface area contributed by atoms with Crippen LogP contribution in [-0.2, 0) is 32.6 Å². The number of nitrogens with one attached hydrogen (secondary N) is 1. The lowest BCUT2D eigenvalue weighted by atomic mass is 10.0. The van der Waals surface area contributed by atoms with Crippen LogP contribution in [-0.4, -0.2) is 44.3 Å². The molecular formula is C36H39BrClN3O4S. The molecule has 0 saturated carbocycles. The fraction of sp³-hybridized carbons (Fsp3) is 0.278. The molecule has 0 bridgehead atoms. The van der Waals surface area contributed by atoms with Crippen LogP contribution < -0.4 is 9.62 Å². The molecule has 10 heteroatoms. The number of rotatable bonds is 14. The molecule has 1 atom stereocenters. The average molecular weight is 725 g/mol. The Bertz CT molecular complexity index is 1730. The molecule has 4 aromatic carbocycles. The predicted molar refractivity (Wildman–Crippen MR) is 188 cm³/mol. The molecule has 46 heavy (non-hydrogen) atoms. The van der Waals surface area contributed by atoms with E-state index in [0.717, 1.165) is 43.9 Å². The van der Waals surface area contributed by atoms with Gasteiger partial charge in [0.25, 0.3) is 10.0 Å². The first-order valence-electron chi connectivity index (χ1n) is 15.2.